The molecule has 0 atom stereocenters. The van der Waals surface area contributed by atoms with Crippen LogP contribution in [0.2, 0.25) is 0 Å². The van der Waals surface area contributed by atoms with Gasteiger partial charge in [-0.05, 0) is 33.9 Å². The zero-order valence-corrected chi connectivity index (χ0v) is 13.7. The molecule has 1 rings (SSSR count). The zero-order chi connectivity index (χ0) is 15.5. The number of rotatable bonds is 7. The standard InChI is InChI=1S/C14H24N2O3S/c1-6-16-11(2)9-13(12(16)3)14(17)10-15(4)7-8-20(5,18)19/h9H,6-8,10H2,1-5H3. The van der Waals surface area contributed by atoms with Crippen molar-refractivity contribution in [2.45, 2.75) is 27.3 Å². The molecule has 114 valence electrons. The second kappa shape index (κ2) is 6.54. The van der Waals surface area contributed by atoms with Crippen LogP contribution in [0.1, 0.15) is 28.7 Å². The first kappa shape index (κ1) is 16.9. The quantitative estimate of drug-likeness (QED) is 0.712. The molecule has 0 N–H and O–H groups in total. The molecule has 0 saturated carbocycles. The Labute approximate surface area is 121 Å². The van der Waals surface area contributed by atoms with E-state index in [1.165, 1.54) is 6.26 Å². The van der Waals surface area contributed by atoms with E-state index in [1.54, 1.807) is 11.9 Å². The van der Waals surface area contributed by atoms with Crippen molar-refractivity contribution in [2.75, 3.05) is 32.1 Å². The molecule has 20 heavy (non-hydrogen) atoms. The average molecular weight is 300 g/mol. The van der Waals surface area contributed by atoms with Gasteiger partial charge in [0, 0.05) is 36.3 Å². The molecule has 1 heterocycles. The molecular formula is C14H24N2O3S. The largest absolute Gasteiger partial charge is 0.349 e. The first-order chi connectivity index (χ1) is 9.15. The highest BCUT2D eigenvalue weighted by Gasteiger charge is 2.17. The molecule has 0 saturated heterocycles. The number of aryl methyl sites for hydroxylation is 1. The van der Waals surface area contributed by atoms with Gasteiger partial charge >= 0.3 is 0 Å². The van der Waals surface area contributed by atoms with Gasteiger partial charge in [0.1, 0.15) is 9.84 Å². The normalized spacial score (nSPS) is 12.1. The van der Waals surface area contributed by atoms with Crippen LogP contribution in [0.4, 0.5) is 0 Å². The number of hydrogen-bond donors (Lipinski definition) is 0. The van der Waals surface area contributed by atoms with Crippen molar-refractivity contribution < 1.29 is 13.2 Å². The van der Waals surface area contributed by atoms with Crippen molar-refractivity contribution in [3.8, 4) is 0 Å². The van der Waals surface area contributed by atoms with E-state index in [9.17, 15) is 13.2 Å². The molecule has 0 aliphatic rings. The van der Waals surface area contributed by atoms with Crippen molar-refractivity contribution in [3.05, 3.63) is 23.0 Å². The summed E-state index contributed by atoms with van der Waals surface area (Å²) in [6.07, 6.45) is 1.21. The molecule has 0 aliphatic heterocycles. The van der Waals surface area contributed by atoms with Gasteiger partial charge in [-0.25, -0.2) is 8.42 Å². The maximum Gasteiger partial charge on any atom is 0.178 e. The van der Waals surface area contributed by atoms with Gasteiger partial charge in [0.05, 0.1) is 12.3 Å². The molecule has 0 aromatic carbocycles. The van der Waals surface area contributed by atoms with Crippen LogP contribution in [-0.2, 0) is 16.4 Å². The molecule has 6 heteroatoms. The number of carbonyl (C=O) groups excluding carboxylic acids is 1. The molecule has 5 nitrogen and oxygen atoms in total. The van der Waals surface area contributed by atoms with E-state index < -0.39 is 9.84 Å². The van der Waals surface area contributed by atoms with Crippen molar-refractivity contribution in [1.29, 1.82) is 0 Å². The van der Waals surface area contributed by atoms with Crippen LogP contribution in [0.15, 0.2) is 6.07 Å². The first-order valence-corrected chi connectivity index (χ1v) is 8.78. The lowest BCUT2D eigenvalue weighted by Crippen LogP contribution is -2.30. The average Bonchev–Trinajstić information content (AvgIpc) is 2.61. The van der Waals surface area contributed by atoms with Crippen molar-refractivity contribution in [1.82, 2.24) is 9.47 Å². The lowest BCUT2D eigenvalue weighted by molar-refractivity contribution is 0.0948. The van der Waals surface area contributed by atoms with Gasteiger partial charge in [-0.15, -0.1) is 0 Å². The van der Waals surface area contributed by atoms with Gasteiger partial charge in [0.15, 0.2) is 5.78 Å². The van der Waals surface area contributed by atoms with Crippen LogP contribution in [0.25, 0.3) is 0 Å². The maximum atomic E-state index is 12.3. The third-order valence-electron chi connectivity index (χ3n) is 3.45. The molecule has 0 aliphatic carbocycles. The minimum Gasteiger partial charge on any atom is -0.349 e. The highest BCUT2D eigenvalue weighted by atomic mass is 32.2. The third-order valence-corrected chi connectivity index (χ3v) is 4.37. The Balaban J connectivity index is 2.72. The summed E-state index contributed by atoms with van der Waals surface area (Å²) in [4.78, 5) is 14.0. The van der Waals surface area contributed by atoms with Gasteiger partial charge in [-0.3, -0.25) is 9.69 Å². The van der Waals surface area contributed by atoms with Crippen LogP contribution in [0.5, 0.6) is 0 Å². The topological polar surface area (TPSA) is 59.4 Å². The lowest BCUT2D eigenvalue weighted by atomic mass is 10.1. The Morgan fingerprint density at radius 3 is 2.40 bits per heavy atom. The fraction of sp³-hybridized carbons (Fsp3) is 0.643. The molecule has 1 aromatic rings. The van der Waals surface area contributed by atoms with Gasteiger partial charge in [0.2, 0.25) is 0 Å². The summed E-state index contributed by atoms with van der Waals surface area (Å²) in [6, 6.07) is 1.91. The highest BCUT2D eigenvalue weighted by molar-refractivity contribution is 7.90. The number of ketones is 1. The van der Waals surface area contributed by atoms with Gasteiger partial charge in [-0.1, -0.05) is 0 Å². The molecule has 0 fully saturated rings. The van der Waals surface area contributed by atoms with Crippen molar-refractivity contribution in [2.24, 2.45) is 0 Å². The number of aromatic nitrogens is 1. The number of Topliss-reactive ketones (excluding diaryl/α,β-unsaturated/α-hetero) is 1. The Hall–Kier alpha value is -1.14. The van der Waals surface area contributed by atoms with Crippen molar-refractivity contribution in [3.63, 3.8) is 0 Å². The third kappa shape index (κ3) is 4.45. The number of hydrogen-bond acceptors (Lipinski definition) is 4. The molecule has 0 amide bonds. The Morgan fingerprint density at radius 2 is 1.95 bits per heavy atom. The molecule has 0 bridgehead atoms. The van der Waals surface area contributed by atoms with Crippen LogP contribution in [-0.4, -0.2) is 55.8 Å². The van der Waals surface area contributed by atoms with Gasteiger partial charge in [-0.2, -0.15) is 0 Å². The lowest BCUT2D eigenvalue weighted by Gasteiger charge is -2.15. The minimum atomic E-state index is -2.99. The molecule has 0 radical (unpaired) electrons. The predicted octanol–water partition coefficient (Wildman–Crippen LogP) is 1.28. The summed E-state index contributed by atoms with van der Waals surface area (Å²) in [5.41, 5.74) is 2.79. The summed E-state index contributed by atoms with van der Waals surface area (Å²) < 4.78 is 24.3. The van der Waals surface area contributed by atoms with Crippen LogP contribution in [0, 0.1) is 13.8 Å². The number of nitrogens with zero attached hydrogens (tertiary/aromatic N) is 2. The highest BCUT2D eigenvalue weighted by Crippen LogP contribution is 2.15. The van der Waals surface area contributed by atoms with E-state index in [2.05, 4.69) is 4.57 Å². The Bertz CT molecular complexity index is 588. The van der Waals surface area contributed by atoms with E-state index in [-0.39, 0.29) is 18.1 Å². The molecule has 1 aromatic heterocycles. The minimum absolute atomic E-state index is 0.0359. The monoisotopic (exact) mass is 300 g/mol. The van der Waals surface area contributed by atoms with Crippen LogP contribution < -0.4 is 0 Å². The summed E-state index contributed by atoms with van der Waals surface area (Å²) in [7, 11) is -1.23. The first-order valence-electron chi connectivity index (χ1n) is 6.72. The molecular weight excluding hydrogens is 276 g/mol. The zero-order valence-electron chi connectivity index (χ0n) is 12.9. The number of sulfone groups is 1. The Kier molecular flexibility index (Phi) is 5.53. The summed E-state index contributed by atoms with van der Waals surface area (Å²) in [6.45, 7) is 7.43. The van der Waals surface area contributed by atoms with E-state index in [4.69, 9.17) is 0 Å². The van der Waals surface area contributed by atoms with E-state index in [1.807, 2.05) is 26.8 Å². The maximum absolute atomic E-state index is 12.3. The second-order valence-corrected chi connectivity index (χ2v) is 7.58. The predicted molar refractivity (Wildman–Crippen MR) is 81.1 cm³/mol. The number of likely N-dealkylation sites (N-methyl/N-ethyl adjacent to an activating group) is 1. The van der Waals surface area contributed by atoms with E-state index >= 15 is 0 Å². The number of carbonyl (C=O) groups is 1. The van der Waals surface area contributed by atoms with Crippen molar-refractivity contribution >= 4 is 15.6 Å². The molecule has 0 unspecified atom stereocenters. The second-order valence-electron chi connectivity index (χ2n) is 5.32. The van der Waals surface area contributed by atoms with Gasteiger partial charge in [0.25, 0.3) is 0 Å². The summed E-state index contributed by atoms with van der Waals surface area (Å²) >= 11 is 0. The summed E-state index contributed by atoms with van der Waals surface area (Å²) in [5, 5.41) is 0. The van der Waals surface area contributed by atoms with Crippen LogP contribution >= 0.6 is 0 Å². The fourth-order valence-corrected chi connectivity index (χ4v) is 2.94. The van der Waals surface area contributed by atoms with Gasteiger partial charge < -0.3 is 4.57 Å². The van der Waals surface area contributed by atoms with Crippen LogP contribution in [0.3, 0.4) is 0 Å². The van der Waals surface area contributed by atoms with E-state index in [0.717, 1.165) is 23.5 Å². The SMILES string of the molecule is CCn1c(C)cc(C(=O)CN(C)CCS(C)(=O)=O)c1C. The Morgan fingerprint density at radius 1 is 1.35 bits per heavy atom. The summed E-state index contributed by atoms with van der Waals surface area (Å²) in [5.74, 6) is 0.110. The smallest absolute Gasteiger partial charge is 0.178 e. The fourth-order valence-electron chi connectivity index (χ4n) is 2.30. The van der Waals surface area contributed by atoms with E-state index in [0.29, 0.717) is 6.54 Å². The molecule has 0 spiro atoms.